The first-order valence-electron chi connectivity index (χ1n) is 6.78. The molecule has 0 amide bonds. The van der Waals surface area contributed by atoms with Gasteiger partial charge in [-0.25, -0.2) is 0 Å². The predicted octanol–water partition coefficient (Wildman–Crippen LogP) is 4.15. The van der Waals surface area contributed by atoms with E-state index in [9.17, 15) is 5.21 Å². The van der Waals surface area contributed by atoms with Gasteiger partial charge in [0, 0.05) is 11.1 Å². The van der Waals surface area contributed by atoms with E-state index in [1.165, 1.54) is 5.06 Å². The molecule has 1 aromatic rings. The van der Waals surface area contributed by atoms with E-state index in [1.807, 2.05) is 66.7 Å². The third-order valence-electron chi connectivity index (χ3n) is 3.75. The quantitative estimate of drug-likeness (QED) is 0.762. The summed E-state index contributed by atoms with van der Waals surface area (Å²) in [5, 5.41) is 13.7. The smallest absolute Gasteiger partial charge is 0.120 e. The number of rotatable bonds is 1. The molecule has 0 unspecified atom stereocenters. The molecule has 3 heteroatoms. The van der Waals surface area contributed by atoms with E-state index in [1.54, 1.807) is 0 Å². The van der Waals surface area contributed by atoms with E-state index in [0.717, 1.165) is 16.9 Å². The van der Waals surface area contributed by atoms with Gasteiger partial charge in [-0.15, -0.1) is 0 Å². The van der Waals surface area contributed by atoms with Crippen molar-refractivity contribution >= 4 is 0 Å². The highest BCUT2D eigenvalue weighted by Crippen LogP contribution is 2.49. The minimum Gasteiger partial charge on any atom is -0.784 e. The number of nitrogens with zero attached hydrogens (tertiary/aromatic N) is 1. The Kier molecular flexibility index (Phi) is 3.00. The van der Waals surface area contributed by atoms with Gasteiger partial charge in [0.2, 0.25) is 0 Å². The number of ether oxygens (including phenoxy) is 1. The van der Waals surface area contributed by atoms with Gasteiger partial charge in [-0.1, -0.05) is 6.07 Å². The number of fused-ring (bicyclic) bond motifs is 1. The zero-order chi connectivity index (χ0) is 14.6. The topological polar surface area (TPSA) is 35.5 Å². The molecule has 0 aromatic heterocycles. The second kappa shape index (κ2) is 3.97. The van der Waals surface area contributed by atoms with Crippen LogP contribution in [0.3, 0.4) is 0 Å². The first kappa shape index (κ1) is 14.4. The molecule has 1 heterocycles. The van der Waals surface area contributed by atoms with E-state index in [4.69, 9.17) is 4.74 Å². The summed E-state index contributed by atoms with van der Waals surface area (Å²) in [6.07, 6.45) is 0. The molecule has 0 aliphatic carbocycles. The van der Waals surface area contributed by atoms with Crippen LogP contribution in [0, 0.1) is 5.21 Å². The molecule has 0 saturated heterocycles. The highest BCUT2D eigenvalue weighted by atomic mass is 16.5. The van der Waals surface area contributed by atoms with Crippen molar-refractivity contribution in [2.24, 2.45) is 0 Å². The summed E-state index contributed by atoms with van der Waals surface area (Å²) in [5.74, 6) is 0.824. The lowest BCUT2D eigenvalue weighted by Crippen LogP contribution is -2.40. The molecule has 19 heavy (non-hydrogen) atoms. The van der Waals surface area contributed by atoms with Crippen LogP contribution >= 0.6 is 0 Å². The second-order valence-corrected chi connectivity index (χ2v) is 7.33. The van der Waals surface area contributed by atoms with Crippen LogP contribution in [-0.2, 0) is 11.1 Å². The van der Waals surface area contributed by atoms with Gasteiger partial charge in [0.1, 0.15) is 11.4 Å². The molecule has 0 N–H and O–H groups in total. The van der Waals surface area contributed by atoms with Crippen molar-refractivity contribution in [2.75, 3.05) is 0 Å². The van der Waals surface area contributed by atoms with E-state index in [-0.39, 0.29) is 5.60 Å². The first-order valence-corrected chi connectivity index (χ1v) is 6.78. The summed E-state index contributed by atoms with van der Waals surface area (Å²) in [6, 6.07) is 6.00. The van der Waals surface area contributed by atoms with Crippen LogP contribution in [-0.4, -0.2) is 10.7 Å². The van der Waals surface area contributed by atoms with Gasteiger partial charge in [0.25, 0.3) is 0 Å². The lowest BCUT2D eigenvalue weighted by atomic mass is 9.90. The molecule has 0 atom stereocenters. The fourth-order valence-corrected chi connectivity index (χ4v) is 2.90. The van der Waals surface area contributed by atoms with Crippen molar-refractivity contribution in [3.8, 4) is 5.75 Å². The number of hydrogen-bond acceptors (Lipinski definition) is 3. The van der Waals surface area contributed by atoms with Crippen molar-refractivity contribution in [3.05, 3.63) is 34.5 Å². The molecule has 1 aliphatic heterocycles. The fourth-order valence-electron chi connectivity index (χ4n) is 2.90. The van der Waals surface area contributed by atoms with Crippen LogP contribution in [0.1, 0.15) is 59.6 Å². The Morgan fingerprint density at radius 1 is 1.00 bits per heavy atom. The maximum absolute atomic E-state index is 12.5. The Labute approximate surface area is 116 Å². The van der Waals surface area contributed by atoms with Gasteiger partial charge in [-0.3, -0.25) is 0 Å². The molecule has 0 fully saturated rings. The van der Waals surface area contributed by atoms with E-state index in [2.05, 4.69) is 0 Å². The molecule has 0 saturated carbocycles. The second-order valence-electron chi connectivity index (χ2n) is 7.33. The standard InChI is InChI=1S/C16H24NO2/c1-14(2,3)19-11-8-9-12-13(10-11)16(6,7)17(18)15(12,4)5/h8-10H,1-7H3/q-1. The van der Waals surface area contributed by atoms with Crippen molar-refractivity contribution in [2.45, 2.75) is 65.1 Å². The lowest BCUT2D eigenvalue weighted by molar-refractivity contribution is 0.100. The zero-order valence-corrected chi connectivity index (χ0v) is 13.0. The molecular weight excluding hydrogens is 238 g/mol. The molecule has 1 aromatic carbocycles. The third-order valence-corrected chi connectivity index (χ3v) is 3.75. The third kappa shape index (κ3) is 2.26. The number of hydrogen-bond donors (Lipinski definition) is 0. The predicted molar refractivity (Wildman–Crippen MR) is 78.1 cm³/mol. The van der Waals surface area contributed by atoms with Crippen LogP contribution < -0.4 is 4.74 Å². The molecule has 2 rings (SSSR count). The highest BCUT2D eigenvalue weighted by molar-refractivity contribution is 5.47. The minimum atomic E-state index is -0.518. The van der Waals surface area contributed by atoms with E-state index >= 15 is 0 Å². The van der Waals surface area contributed by atoms with Crippen LogP contribution in [0.2, 0.25) is 0 Å². The number of benzene rings is 1. The molecule has 1 aliphatic rings. The van der Waals surface area contributed by atoms with E-state index < -0.39 is 11.1 Å². The SMILES string of the molecule is CC(C)(C)Oc1ccc2c(c1)C(C)(C)N([O-])C2(C)C. The van der Waals surface area contributed by atoms with Gasteiger partial charge >= 0.3 is 0 Å². The average Bonchev–Trinajstić information content (AvgIpc) is 2.36. The Balaban J connectivity index is 2.50. The van der Waals surface area contributed by atoms with Gasteiger partial charge < -0.3 is 15.0 Å². The van der Waals surface area contributed by atoms with Crippen molar-refractivity contribution in [1.29, 1.82) is 0 Å². The van der Waals surface area contributed by atoms with Crippen LogP contribution in [0.25, 0.3) is 0 Å². The van der Waals surface area contributed by atoms with E-state index in [0.29, 0.717) is 0 Å². The first-order chi connectivity index (χ1) is 8.46. The summed E-state index contributed by atoms with van der Waals surface area (Å²) < 4.78 is 5.90. The average molecular weight is 262 g/mol. The maximum atomic E-state index is 12.5. The maximum Gasteiger partial charge on any atom is 0.120 e. The van der Waals surface area contributed by atoms with Crippen molar-refractivity contribution < 1.29 is 4.74 Å². The fraction of sp³-hybridized carbons (Fsp3) is 0.625. The van der Waals surface area contributed by atoms with Crippen LogP contribution in [0.5, 0.6) is 5.75 Å². The van der Waals surface area contributed by atoms with Gasteiger partial charge in [-0.05, 0) is 71.7 Å². The monoisotopic (exact) mass is 262 g/mol. The summed E-state index contributed by atoms with van der Waals surface area (Å²) in [4.78, 5) is 0. The van der Waals surface area contributed by atoms with Crippen LogP contribution in [0.15, 0.2) is 18.2 Å². The summed E-state index contributed by atoms with van der Waals surface area (Å²) >= 11 is 0. The normalized spacial score (nSPS) is 21.3. The Bertz CT molecular complexity index is 498. The Morgan fingerprint density at radius 2 is 1.53 bits per heavy atom. The van der Waals surface area contributed by atoms with Crippen LogP contribution in [0.4, 0.5) is 0 Å². The largest absolute Gasteiger partial charge is 0.784 e. The molecule has 3 nitrogen and oxygen atoms in total. The summed E-state index contributed by atoms with van der Waals surface area (Å²) in [5.41, 5.74) is 0.918. The van der Waals surface area contributed by atoms with Gasteiger partial charge in [0.05, 0.1) is 0 Å². The number of hydroxylamine groups is 2. The summed E-state index contributed by atoms with van der Waals surface area (Å²) in [6.45, 7) is 13.9. The van der Waals surface area contributed by atoms with Crippen molar-refractivity contribution in [3.63, 3.8) is 0 Å². The lowest BCUT2D eigenvalue weighted by Gasteiger charge is -2.46. The minimum absolute atomic E-state index is 0.232. The summed E-state index contributed by atoms with van der Waals surface area (Å²) in [7, 11) is 0. The zero-order valence-electron chi connectivity index (χ0n) is 13.0. The molecule has 106 valence electrons. The molecule has 0 bridgehead atoms. The van der Waals surface area contributed by atoms with Crippen molar-refractivity contribution in [1.82, 2.24) is 5.06 Å². The Hall–Kier alpha value is -1.06. The molecular formula is C16H24NO2-. The highest BCUT2D eigenvalue weighted by Gasteiger charge is 2.43. The van der Waals surface area contributed by atoms with Gasteiger partial charge in [0.15, 0.2) is 0 Å². The Morgan fingerprint density at radius 3 is 2.05 bits per heavy atom. The molecule has 0 spiro atoms. The van der Waals surface area contributed by atoms with Gasteiger partial charge in [-0.2, -0.15) is 0 Å². The molecule has 0 radical (unpaired) electrons.